The van der Waals surface area contributed by atoms with E-state index in [1.54, 1.807) is 30.3 Å². The van der Waals surface area contributed by atoms with E-state index in [0.717, 1.165) is 0 Å². The molecular weight excluding hydrogens is 250 g/mol. The van der Waals surface area contributed by atoms with Crippen molar-refractivity contribution in [2.45, 2.75) is 25.2 Å². The number of aliphatic hydroxyl groups excluding tert-OH is 1. The molecule has 1 amide bonds. The van der Waals surface area contributed by atoms with Gasteiger partial charge in [0.25, 0.3) is 5.91 Å². The molecule has 6 nitrogen and oxygen atoms in total. The van der Waals surface area contributed by atoms with Gasteiger partial charge in [0.15, 0.2) is 12.1 Å². The van der Waals surface area contributed by atoms with Crippen LogP contribution < -0.4 is 5.32 Å². The van der Waals surface area contributed by atoms with Crippen molar-refractivity contribution in [1.29, 1.82) is 0 Å². The van der Waals surface area contributed by atoms with Crippen molar-refractivity contribution < 1.29 is 24.5 Å². The van der Waals surface area contributed by atoms with Crippen LogP contribution in [0.25, 0.3) is 0 Å². The Morgan fingerprint density at radius 2 is 1.84 bits per heavy atom. The predicted octanol–water partition coefficient (Wildman–Crippen LogP) is 0.324. The molecule has 0 aliphatic carbocycles. The summed E-state index contributed by atoms with van der Waals surface area (Å²) in [4.78, 5) is 22.9. The number of rotatable bonds is 6. The highest BCUT2D eigenvalue weighted by molar-refractivity contribution is 5.87. The third-order valence-electron chi connectivity index (χ3n) is 2.62. The minimum atomic E-state index is -1.37. The van der Waals surface area contributed by atoms with Gasteiger partial charge in [0.05, 0.1) is 6.10 Å². The van der Waals surface area contributed by atoms with Crippen molar-refractivity contribution >= 4 is 11.9 Å². The molecule has 1 aromatic carbocycles. The van der Waals surface area contributed by atoms with Crippen LogP contribution in [0, 0.1) is 0 Å². The minimum Gasteiger partial charge on any atom is -0.480 e. The van der Waals surface area contributed by atoms with E-state index >= 15 is 0 Å². The molecule has 19 heavy (non-hydrogen) atoms. The number of hydrogen-bond donors (Lipinski definition) is 3. The summed E-state index contributed by atoms with van der Waals surface area (Å²) >= 11 is 0. The van der Waals surface area contributed by atoms with E-state index in [4.69, 9.17) is 9.84 Å². The molecule has 6 heteroatoms. The number of hydrogen-bond acceptors (Lipinski definition) is 4. The molecule has 0 saturated carbocycles. The number of methoxy groups -OCH3 is 1. The maximum Gasteiger partial charge on any atom is 0.328 e. The van der Waals surface area contributed by atoms with Gasteiger partial charge in [-0.15, -0.1) is 0 Å². The van der Waals surface area contributed by atoms with E-state index in [1.165, 1.54) is 14.0 Å². The summed E-state index contributed by atoms with van der Waals surface area (Å²) in [6.45, 7) is 1.30. The van der Waals surface area contributed by atoms with Gasteiger partial charge in [0.2, 0.25) is 0 Å². The summed E-state index contributed by atoms with van der Waals surface area (Å²) in [5, 5.41) is 20.5. The number of nitrogens with one attached hydrogen (secondary N) is 1. The maximum atomic E-state index is 12.0. The van der Waals surface area contributed by atoms with E-state index in [0.29, 0.717) is 5.56 Å². The average Bonchev–Trinajstić information content (AvgIpc) is 2.37. The molecule has 0 aliphatic rings. The molecular formula is C13H17NO5. The predicted molar refractivity (Wildman–Crippen MR) is 67.4 cm³/mol. The lowest BCUT2D eigenvalue weighted by Crippen LogP contribution is -2.49. The Morgan fingerprint density at radius 1 is 1.26 bits per heavy atom. The highest BCUT2D eigenvalue weighted by Gasteiger charge is 2.29. The first-order chi connectivity index (χ1) is 8.97. The largest absolute Gasteiger partial charge is 0.480 e. The Labute approximate surface area is 111 Å². The van der Waals surface area contributed by atoms with Gasteiger partial charge in [-0.2, -0.15) is 0 Å². The van der Waals surface area contributed by atoms with E-state index in [2.05, 4.69) is 5.32 Å². The van der Waals surface area contributed by atoms with Crippen molar-refractivity contribution in [3.05, 3.63) is 35.9 Å². The topological polar surface area (TPSA) is 95.9 Å². The minimum absolute atomic E-state index is 0.609. The van der Waals surface area contributed by atoms with Crippen LogP contribution >= 0.6 is 0 Å². The van der Waals surface area contributed by atoms with Crippen LogP contribution in [-0.4, -0.2) is 41.3 Å². The van der Waals surface area contributed by atoms with Gasteiger partial charge < -0.3 is 20.3 Å². The fourth-order valence-electron chi connectivity index (χ4n) is 1.64. The number of amides is 1. The number of carbonyl (C=O) groups excluding carboxylic acids is 1. The Balaban J connectivity index is 2.83. The molecule has 0 bridgehead atoms. The monoisotopic (exact) mass is 267 g/mol. The van der Waals surface area contributed by atoms with Gasteiger partial charge in [0, 0.05) is 7.11 Å². The van der Waals surface area contributed by atoms with Crippen molar-refractivity contribution in [2.24, 2.45) is 0 Å². The molecule has 0 aliphatic heterocycles. The van der Waals surface area contributed by atoms with Crippen LogP contribution in [0.2, 0.25) is 0 Å². The number of aliphatic hydroxyl groups is 1. The Hall–Kier alpha value is -1.92. The van der Waals surface area contributed by atoms with Gasteiger partial charge in [-0.1, -0.05) is 30.3 Å². The zero-order chi connectivity index (χ0) is 14.4. The molecule has 0 aromatic heterocycles. The van der Waals surface area contributed by atoms with Gasteiger partial charge in [0.1, 0.15) is 0 Å². The van der Waals surface area contributed by atoms with Gasteiger partial charge in [-0.25, -0.2) is 4.79 Å². The van der Waals surface area contributed by atoms with E-state index in [1.807, 2.05) is 0 Å². The molecule has 0 heterocycles. The van der Waals surface area contributed by atoms with Crippen molar-refractivity contribution in [2.75, 3.05) is 7.11 Å². The van der Waals surface area contributed by atoms with Gasteiger partial charge in [-0.3, -0.25) is 4.79 Å². The van der Waals surface area contributed by atoms with E-state index < -0.39 is 30.1 Å². The van der Waals surface area contributed by atoms with Crippen molar-refractivity contribution in [3.63, 3.8) is 0 Å². The third kappa shape index (κ3) is 4.04. The highest BCUT2D eigenvalue weighted by atomic mass is 16.5. The van der Waals surface area contributed by atoms with Crippen molar-refractivity contribution in [1.82, 2.24) is 5.32 Å². The molecule has 1 aromatic rings. The maximum absolute atomic E-state index is 12.0. The summed E-state index contributed by atoms with van der Waals surface area (Å²) in [6, 6.07) is 7.33. The average molecular weight is 267 g/mol. The smallest absolute Gasteiger partial charge is 0.328 e. The number of benzene rings is 1. The molecule has 0 saturated heterocycles. The van der Waals surface area contributed by atoms with Gasteiger partial charge in [-0.05, 0) is 12.5 Å². The standard InChI is InChI=1S/C13H17NO5/c1-8(15)10(13(17)18)14-12(16)11(19-2)9-6-4-3-5-7-9/h3-8,10-11,15H,1-2H3,(H,14,16)(H,17,18). The fraction of sp³-hybridized carbons (Fsp3) is 0.385. The molecule has 3 atom stereocenters. The fourth-order valence-corrected chi connectivity index (χ4v) is 1.64. The molecule has 1 rings (SSSR count). The normalized spacial score (nSPS) is 15.3. The number of carbonyl (C=O) groups is 2. The van der Waals surface area contributed by atoms with Gasteiger partial charge >= 0.3 is 5.97 Å². The van der Waals surface area contributed by atoms with Crippen LogP contribution in [0.1, 0.15) is 18.6 Å². The molecule has 0 fully saturated rings. The number of carboxylic acids is 1. The molecule has 104 valence electrons. The lowest BCUT2D eigenvalue weighted by atomic mass is 10.1. The van der Waals surface area contributed by atoms with Crippen LogP contribution in [0.3, 0.4) is 0 Å². The molecule has 3 unspecified atom stereocenters. The summed E-state index contributed by atoms with van der Waals surface area (Å²) in [6.07, 6.45) is -2.11. The molecule has 3 N–H and O–H groups in total. The molecule has 0 radical (unpaired) electrons. The summed E-state index contributed by atoms with van der Waals surface area (Å²) in [5.41, 5.74) is 0.609. The van der Waals surface area contributed by atoms with Crippen LogP contribution in [0.15, 0.2) is 30.3 Å². The number of carboxylic acid groups (broad SMARTS) is 1. The SMILES string of the molecule is COC(C(=O)NC(C(=O)O)C(C)O)c1ccccc1. The summed E-state index contributed by atoms with van der Waals surface area (Å²) in [5.74, 6) is -1.91. The second kappa shape index (κ2) is 6.86. The number of aliphatic carboxylic acids is 1. The Kier molecular flexibility index (Phi) is 5.47. The first-order valence-electron chi connectivity index (χ1n) is 5.76. The Morgan fingerprint density at radius 3 is 2.26 bits per heavy atom. The summed E-state index contributed by atoms with van der Waals surface area (Å²) in [7, 11) is 1.36. The molecule has 0 spiro atoms. The first kappa shape index (κ1) is 15.1. The zero-order valence-corrected chi connectivity index (χ0v) is 10.7. The first-order valence-corrected chi connectivity index (χ1v) is 5.76. The highest BCUT2D eigenvalue weighted by Crippen LogP contribution is 2.16. The Bertz CT molecular complexity index is 432. The second-order valence-electron chi connectivity index (χ2n) is 4.09. The van der Waals surface area contributed by atoms with E-state index in [-0.39, 0.29) is 0 Å². The lowest BCUT2D eigenvalue weighted by Gasteiger charge is -2.21. The quantitative estimate of drug-likeness (QED) is 0.690. The van der Waals surface area contributed by atoms with Crippen LogP contribution in [0.5, 0.6) is 0 Å². The number of ether oxygens (including phenoxy) is 1. The van der Waals surface area contributed by atoms with E-state index in [9.17, 15) is 14.7 Å². The third-order valence-corrected chi connectivity index (χ3v) is 2.62. The summed E-state index contributed by atoms with van der Waals surface area (Å²) < 4.78 is 5.07. The second-order valence-corrected chi connectivity index (χ2v) is 4.09. The zero-order valence-electron chi connectivity index (χ0n) is 10.7. The van der Waals surface area contributed by atoms with Crippen molar-refractivity contribution in [3.8, 4) is 0 Å². The lowest BCUT2D eigenvalue weighted by molar-refractivity contribution is -0.147. The van der Waals surface area contributed by atoms with Crippen LogP contribution in [-0.2, 0) is 14.3 Å². The van der Waals surface area contributed by atoms with Crippen LogP contribution in [0.4, 0.5) is 0 Å².